The zero-order chi connectivity index (χ0) is 21.5. The summed E-state index contributed by atoms with van der Waals surface area (Å²) >= 11 is 0. The van der Waals surface area contributed by atoms with E-state index >= 15 is 0 Å². The highest BCUT2D eigenvalue weighted by Gasteiger charge is 2.35. The lowest BCUT2D eigenvalue weighted by molar-refractivity contribution is -0.136. The molecule has 0 aliphatic rings. The summed E-state index contributed by atoms with van der Waals surface area (Å²) in [6.45, 7) is 1.15. The van der Waals surface area contributed by atoms with Crippen molar-refractivity contribution in [2.75, 3.05) is 5.32 Å². The van der Waals surface area contributed by atoms with Gasteiger partial charge in [0, 0.05) is 37.8 Å². The van der Waals surface area contributed by atoms with E-state index in [0.717, 1.165) is 16.7 Å². The number of rotatable bonds is 4. The summed E-state index contributed by atoms with van der Waals surface area (Å²) < 4.78 is 68.7. The number of pyridine rings is 1. The number of aryl methyl sites for hydroxylation is 3. The first-order valence-corrected chi connectivity index (χ1v) is 8.38. The Morgan fingerprint density at radius 2 is 1.90 bits per heavy atom. The molecule has 0 bridgehead atoms. The number of anilines is 1. The average Bonchev–Trinajstić information content (AvgIpc) is 2.90. The van der Waals surface area contributed by atoms with Gasteiger partial charge in [-0.1, -0.05) is 0 Å². The van der Waals surface area contributed by atoms with E-state index in [4.69, 9.17) is 0 Å². The number of carbonyl (C=O) groups is 1. The van der Waals surface area contributed by atoms with Gasteiger partial charge >= 0.3 is 6.18 Å². The maximum Gasteiger partial charge on any atom is 0.417 e. The van der Waals surface area contributed by atoms with Gasteiger partial charge in [-0.2, -0.15) is 18.3 Å². The van der Waals surface area contributed by atoms with Crippen LogP contribution in [-0.2, 0) is 24.6 Å². The summed E-state index contributed by atoms with van der Waals surface area (Å²) in [4.78, 5) is 24.3. The lowest BCUT2D eigenvalue weighted by Crippen LogP contribution is -2.25. The fraction of sp³-hybridized carbons (Fsp3) is 0.278. The molecule has 0 saturated heterocycles. The van der Waals surface area contributed by atoms with Crippen LogP contribution in [-0.4, -0.2) is 20.3 Å². The summed E-state index contributed by atoms with van der Waals surface area (Å²) in [6, 6.07) is 3.05. The Hall–Kier alpha value is -3.24. The topological polar surface area (TPSA) is 68.9 Å². The highest BCUT2D eigenvalue weighted by atomic mass is 19.4. The molecule has 1 N–H and O–H groups in total. The van der Waals surface area contributed by atoms with Gasteiger partial charge in [0.1, 0.15) is 11.6 Å². The average molecular weight is 414 g/mol. The van der Waals surface area contributed by atoms with Crippen molar-refractivity contribution in [1.29, 1.82) is 0 Å². The Labute approximate surface area is 160 Å². The fourth-order valence-electron chi connectivity index (χ4n) is 2.93. The number of benzene rings is 1. The third-order valence-electron chi connectivity index (χ3n) is 4.45. The van der Waals surface area contributed by atoms with Crippen LogP contribution in [0.1, 0.15) is 17.7 Å². The van der Waals surface area contributed by atoms with Crippen LogP contribution in [0.5, 0.6) is 0 Å². The van der Waals surface area contributed by atoms with Gasteiger partial charge in [0.05, 0.1) is 16.6 Å². The molecule has 0 fully saturated rings. The van der Waals surface area contributed by atoms with E-state index in [2.05, 4.69) is 10.4 Å². The predicted octanol–water partition coefficient (Wildman–Crippen LogP) is 3.37. The number of nitrogens with one attached hydrogen (secondary N) is 1. The lowest BCUT2D eigenvalue weighted by atomic mass is 10.1. The van der Waals surface area contributed by atoms with E-state index in [1.165, 1.54) is 18.7 Å². The van der Waals surface area contributed by atoms with Gasteiger partial charge < -0.3 is 5.32 Å². The maximum absolute atomic E-state index is 13.6. The quantitative estimate of drug-likeness (QED) is 0.666. The third-order valence-corrected chi connectivity index (χ3v) is 4.45. The Bertz CT molecular complexity index is 1160. The smallest absolute Gasteiger partial charge is 0.324 e. The standard InChI is InChI=1S/C18H15F5N4O2/c1-9-16-11(18(21,22)23)8-15(29)27(17(16)25-26(9)2)6-5-14(28)24-13-4-3-10(19)7-12(13)20/h3-4,7-8H,5-6H2,1-2H3,(H,24,28). The lowest BCUT2D eigenvalue weighted by Gasteiger charge is -2.12. The van der Waals surface area contributed by atoms with E-state index in [0.29, 0.717) is 12.1 Å². The molecule has 1 amide bonds. The Morgan fingerprint density at radius 3 is 2.52 bits per heavy atom. The van der Waals surface area contributed by atoms with E-state index in [-0.39, 0.29) is 35.4 Å². The number of alkyl halides is 3. The van der Waals surface area contributed by atoms with Crippen molar-refractivity contribution in [1.82, 2.24) is 14.3 Å². The molecule has 0 unspecified atom stereocenters. The molecule has 6 nitrogen and oxygen atoms in total. The highest BCUT2D eigenvalue weighted by Crippen LogP contribution is 2.35. The van der Waals surface area contributed by atoms with E-state index in [1.807, 2.05) is 0 Å². The van der Waals surface area contributed by atoms with Crippen LogP contribution in [0.4, 0.5) is 27.6 Å². The van der Waals surface area contributed by atoms with Crippen LogP contribution in [0.25, 0.3) is 11.0 Å². The molecule has 0 aliphatic carbocycles. The maximum atomic E-state index is 13.6. The van der Waals surface area contributed by atoms with Crippen molar-refractivity contribution in [2.24, 2.45) is 7.05 Å². The summed E-state index contributed by atoms with van der Waals surface area (Å²) in [5, 5.41) is 5.97. The number of nitrogens with zero attached hydrogens (tertiary/aromatic N) is 3. The van der Waals surface area contributed by atoms with Crippen molar-refractivity contribution < 1.29 is 26.7 Å². The van der Waals surface area contributed by atoms with Crippen molar-refractivity contribution >= 4 is 22.6 Å². The first-order valence-electron chi connectivity index (χ1n) is 8.38. The fourth-order valence-corrected chi connectivity index (χ4v) is 2.93. The molecule has 2 aromatic heterocycles. The molecule has 1 aromatic carbocycles. The number of amides is 1. The van der Waals surface area contributed by atoms with E-state index in [9.17, 15) is 31.5 Å². The van der Waals surface area contributed by atoms with Crippen LogP contribution in [0.2, 0.25) is 0 Å². The first-order chi connectivity index (χ1) is 13.5. The number of hydrogen-bond acceptors (Lipinski definition) is 3. The molecule has 29 heavy (non-hydrogen) atoms. The summed E-state index contributed by atoms with van der Waals surface area (Å²) in [5.74, 6) is -2.50. The molecular weight excluding hydrogens is 399 g/mol. The second kappa shape index (κ2) is 7.30. The summed E-state index contributed by atoms with van der Waals surface area (Å²) in [7, 11) is 1.44. The predicted molar refractivity (Wildman–Crippen MR) is 94.3 cm³/mol. The molecule has 11 heteroatoms. The molecule has 0 atom stereocenters. The number of carbonyl (C=O) groups excluding carboxylic acids is 1. The molecule has 0 radical (unpaired) electrons. The van der Waals surface area contributed by atoms with E-state index < -0.39 is 34.8 Å². The van der Waals surface area contributed by atoms with Gasteiger partial charge in [0.15, 0.2) is 5.65 Å². The Morgan fingerprint density at radius 1 is 1.21 bits per heavy atom. The molecular formula is C18H15F5N4O2. The van der Waals surface area contributed by atoms with Crippen molar-refractivity contribution in [3.8, 4) is 0 Å². The van der Waals surface area contributed by atoms with Crippen LogP contribution in [0.3, 0.4) is 0 Å². The molecule has 0 aliphatic heterocycles. The summed E-state index contributed by atoms with van der Waals surface area (Å²) in [5.41, 5.74) is -2.32. The minimum atomic E-state index is -4.75. The monoisotopic (exact) mass is 414 g/mol. The Balaban J connectivity index is 1.91. The number of aromatic nitrogens is 3. The zero-order valence-electron chi connectivity index (χ0n) is 15.3. The normalized spacial score (nSPS) is 11.8. The second-order valence-corrected chi connectivity index (χ2v) is 6.38. The van der Waals surface area contributed by atoms with Gasteiger partial charge in [0.2, 0.25) is 5.91 Å². The van der Waals surface area contributed by atoms with Crippen molar-refractivity contribution in [3.63, 3.8) is 0 Å². The molecule has 2 heterocycles. The van der Waals surface area contributed by atoms with Crippen LogP contribution < -0.4 is 10.9 Å². The highest BCUT2D eigenvalue weighted by molar-refractivity contribution is 5.91. The molecule has 0 saturated carbocycles. The minimum Gasteiger partial charge on any atom is -0.324 e. The third kappa shape index (κ3) is 3.98. The molecule has 154 valence electrons. The van der Waals surface area contributed by atoms with Gasteiger partial charge in [0.25, 0.3) is 5.56 Å². The number of fused-ring (bicyclic) bond motifs is 1. The SMILES string of the molecule is Cc1c2c(C(F)(F)F)cc(=O)n(CCC(=O)Nc3ccc(F)cc3F)c2nn1C. The van der Waals surface area contributed by atoms with Gasteiger partial charge in [-0.05, 0) is 19.1 Å². The minimum absolute atomic E-state index is 0.203. The van der Waals surface area contributed by atoms with Crippen LogP contribution in [0.15, 0.2) is 29.1 Å². The summed E-state index contributed by atoms with van der Waals surface area (Å²) in [6.07, 6.45) is -5.09. The van der Waals surface area contributed by atoms with Crippen molar-refractivity contribution in [3.05, 3.63) is 57.5 Å². The number of halogens is 5. The van der Waals surface area contributed by atoms with Crippen molar-refractivity contribution in [2.45, 2.75) is 26.1 Å². The Kier molecular flexibility index (Phi) is 5.16. The van der Waals surface area contributed by atoms with Crippen LogP contribution >= 0.6 is 0 Å². The number of hydrogen-bond donors (Lipinski definition) is 1. The van der Waals surface area contributed by atoms with Gasteiger partial charge in [-0.25, -0.2) is 8.78 Å². The van der Waals surface area contributed by atoms with E-state index in [1.54, 1.807) is 0 Å². The first kappa shape index (κ1) is 20.5. The zero-order valence-corrected chi connectivity index (χ0v) is 15.3. The molecule has 3 rings (SSSR count). The largest absolute Gasteiger partial charge is 0.417 e. The molecule has 0 spiro atoms. The van der Waals surface area contributed by atoms with Gasteiger partial charge in [-0.3, -0.25) is 18.8 Å². The molecule has 3 aromatic rings. The van der Waals surface area contributed by atoms with Gasteiger partial charge in [-0.15, -0.1) is 0 Å². The second-order valence-electron chi connectivity index (χ2n) is 6.38. The van der Waals surface area contributed by atoms with Crippen LogP contribution in [0, 0.1) is 18.6 Å².